The van der Waals surface area contributed by atoms with Gasteiger partial charge in [-0.2, -0.15) is 0 Å². The molecule has 4 heteroatoms. The standard InChI is InChI=1S/C13H15ClN2O/c1-10-9-12(14)3-4-13(10)17-8-7-16-6-5-15-11(16)2/h3-6,9H,7-8H2,1-2H3. The molecular weight excluding hydrogens is 236 g/mol. The number of ether oxygens (including phenoxy) is 1. The van der Waals surface area contributed by atoms with Crippen molar-refractivity contribution in [3.63, 3.8) is 0 Å². The maximum atomic E-state index is 5.89. The molecule has 1 aromatic carbocycles. The van der Waals surface area contributed by atoms with Crippen molar-refractivity contribution >= 4 is 11.6 Å². The number of rotatable bonds is 4. The van der Waals surface area contributed by atoms with Crippen molar-refractivity contribution in [1.29, 1.82) is 0 Å². The molecule has 0 spiro atoms. The first-order valence-electron chi connectivity index (χ1n) is 5.53. The van der Waals surface area contributed by atoms with Gasteiger partial charge in [-0.15, -0.1) is 0 Å². The smallest absolute Gasteiger partial charge is 0.122 e. The van der Waals surface area contributed by atoms with E-state index in [1.165, 1.54) is 0 Å². The first-order valence-corrected chi connectivity index (χ1v) is 5.91. The van der Waals surface area contributed by atoms with Gasteiger partial charge < -0.3 is 9.30 Å². The number of halogens is 1. The van der Waals surface area contributed by atoms with Gasteiger partial charge in [0.2, 0.25) is 0 Å². The van der Waals surface area contributed by atoms with Gasteiger partial charge in [0, 0.05) is 17.4 Å². The van der Waals surface area contributed by atoms with Gasteiger partial charge in [0.05, 0.1) is 6.54 Å². The molecule has 0 aliphatic carbocycles. The van der Waals surface area contributed by atoms with Crippen molar-refractivity contribution in [3.05, 3.63) is 47.0 Å². The summed E-state index contributed by atoms with van der Waals surface area (Å²) in [7, 11) is 0. The summed E-state index contributed by atoms with van der Waals surface area (Å²) in [4.78, 5) is 4.16. The van der Waals surface area contributed by atoms with Crippen LogP contribution >= 0.6 is 11.6 Å². The molecule has 0 bridgehead atoms. The Morgan fingerprint density at radius 2 is 2.18 bits per heavy atom. The highest BCUT2D eigenvalue weighted by Crippen LogP contribution is 2.21. The van der Waals surface area contributed by atoms with Gasteiger partial charge in [0.1, 0.15) is 18.2 Å². The fourth-order valence-corrected chi connectivity index (χ4v) is 1.90. The van der Waals surface area contributed by atoms with Crippen LogP contribution in [0.4, 0.5) is 0 Å². The zero-order valence-corrected chi connectivity index (χ0v) is 10.7. The van der Waals surface area contributed by atoms with Crippen molar-refractivity contribution in [1.82, 2.24) is 9.55 Å². The first-order chi connectivity index (χ1) is 8.16. The maximum Gasteiger partial charge on any atom is 0.122 e. The van der Waals surface area contributed by atoms with Gasteiger partial charge in [-0.25, -0.2) is 4.98 Å². The van der Waals surface area contributed by atoms with Crippen LogP contribution in [-0.2, 0) is 6.54 Å². The van der Waals surface area contributed by atoms with Crippen LogP contribution in [0.3, 0.4) is 0 Å². The van der Waals surface area contributed by atoms with E-state index in [2.05, 4.69) is 9.55 Å². The lowest BCUT2D eigenvalue weighted by molar-refractivity contribution is 0.295. The van der Waals surface area contributed by atoms with E-state index < -0.39 is 0 Å². The van der Waals surface area contributed by atoms with E-state index in [4.69, 9.17) is 16.3 Å². The molecule has 90 valence electrons. The van der Waals surface area contributed by atoms with Gasteiger partial charge in [-0.1, -0.05) is 11.6 Å². The van der Waals surface area contributed by atoms with Gasteiger partial charge in [0.15, 0.2) is 0 Å². The lowest BCUT2D eigenvalue weighted by Crippen LogP contribution is -2.09. The molecule has 17 heavy (non-hydrogen) atoms. The van der Waals surface area contributed by atoms with Crippen LogP contribution in [0.2, 0.25) is 5.02 Å². The molecule has 0 fully saturated rings. The van der Waals surface area contributed by atoms with E-state index in [0.717, 1.165) is 28.7 Å². The molecule has 0 saturated heterocycles. The number of aromatic nitrogens is 2. The number of aryl methyl sites for hydroxylation is 2. The summed E-state index contributed by atoms with van der Waals surface area (Å²) in [6, 6.07) is 5.64. The number of imidazole rings is 1. The normalized spacial score (nSPS) is 10.5. The Morgan fingerprint density at radius 3 is 2.82 bits per heavy atom. The average molecular weight is 251 g/mol. The van der Waals surface area contributed by atoms with E-state index in [-0.39, 0.29) is 0 Å². The van der Waals surface area contributed by atoms with Crippen molar-refractivity contribution < 1.29 is 4.74 Å². The molecule has 0 radical (unpaired) electrons. The number of hydrogen-bond acceptors (Lipinski definition) is 2. The minimum absolute atomic E-state index is 0.625. The molecule has 2 aromatic rings. The summed E-state index contributed by atoms with van der Waals surface area (Å²) < 4.78 is 7.77. The van der Waals surface area contributed by atoms with Crippen molar-refractivity contribution in [2.45, 2.75) is 20.4 Å². The molecule has 0 aliphatic heterocycles. The highest BCUT2D eigenvalue weighted by molar-refractivity contribution is 6.30. The Morgan fingerprint density at radius 1 is 1.35 bits per heavy atom. The minimum atomic E-state index is 0.625. The average Bonchev–Trinajstić information content (AvgIpc) is 2.68. The SMILES string of the molecule is Cc1cc(Cl)ccc1OCCn1ccnc1C. The lowest BCUT2D eigenvalue weighted by atomic mass is 10.2. The molecule has 2 rings (SSSR count). The molecule has 0 unspecified atom stereocenters. The zero-order chi connectivity index (χ0) is 12.3. The second-order valence-corrected chi connectivity index (χ2v) is 4.36. The summed E-state index contributed by atoms with van der Waals surface area (Å²) in [6.45, 7) is 5.39. The van der Waals surface area contributed by atoms with Crippen LogP contribution < -0.4 is 4.74 Å². The summed E-state index contributed by atoms with van der Waals surface area (Å²) in [5.74, 6) is 1.88. The fourth-order valence-electron chi connectivity index (χ4n) is 1.67. The van der Waals surface area contributed by atoms with Crippen LogP contribution in [0.5, 0.6) is 5.75 Å². The Kier molecular flexibility index (Phi) is 3.69. The van der Waals surface area contributed by atoms with E-state index >= 15 is 0 Å². The van der Waals surface area contributed by atoms with Crippen molar-refractivity contribution in [2.24, 2.45) is 0 Å². The zero-order valence-electron chi connectivity index (χ0n) is 9.98. The van der Waals surface area contributed by atoms with Gasteiger partial charge in [-0.3, -0.25) is 0 Å². The second kappa shape index (κ2) is 5.23. The second-order valence-electron chi connectivity index (χ2n) is 3.93. The predicted molar refractivity (Wildman–Crippen MR) is 68.6 cm³/mol. The van der Waals surface area contributed by atoms with Crippen molar-refractivity contribution in [2.75, 3.05) is 6.61 Å². The van der Waals surface area contributed by atoms with E-state index in [0.29, 0.717) is 6.61 Å². The Labute approximate surface area is 106 Å². The highest BCUT2D eigenvalue weighted by Gasteiger charge is 2.01. The molecule has 0 atom stereocenters. The molecule has 1 aromatic heterocycles. The maximum absolute atomic E-state index is 5.89. The predicted octanol–water partition coefficient (Wildman–Crippen LogP) is 3.23. The van der Waals surface area contributed by atoms with Crippen LogP contribution in [-0.4, -0.2) is 16.2 Å². The Hall–Kier alpha value is -1.48. The highest BCUT2D eigenvalue weighted by atomic mass is 35.5. The summed E-state index contributed by atoms with van der Waals surface area (Å²) in [6.07, 6.45) is 3.75. The third-order valence-corrected chi connectivity index (χ3v) is 2.89. The van der Waals surface area contributed by atoms with E-state index in [1.54, 1.807) is 6.20 Å². The van der Waals surface area contributed by atoms with Crippen LogP contribution in [0.25, 0.3) is 0 Å². The molecule has 0 N–H and O–H groups in total. The minimum Gasteiger partial charge on any atom is -0.491 e. The first kappa shape index (κ1) is 12.0. The topological polar surface area (TPSA) is 27.1 Å². The van der Waals surface area contributed by atoms with Crippen LogP contribution in [0, 0.1) is 13.8 Å². The van der Waals surface area contributed by atoms with E-state index in [9.17, 15) is 0 Å². The molecule has 1 heterocycles. The Balaban J connectivity index is 1.92. The number of nitrogens with zero attached hydrogens (tertiary/aromatic N) is 2. The Bertz CT molecular complexity index is 508. The molecule has 3 nitrogen and oxygen atoms in total. The third-order valence-electron chi connectivity index (χ3n) is 2.65. The van der Waals surface area contributed by atoms with Gasteiger partial charge in [-0.05, 0) is 37.6 Å². The molecule has 0 aliphatic rings. The van der Waals surface area contributed by atoms with Crippen LogP contribution in [0.1, 0.15) is 11.4 Å². The summed E-state index contributed by atoms with van der Waals surface area (Å²) in [5.41, 5.74) is 1.06. The fraction of sp³-hybridized carbons (Fsp3) is 0.308. The number of benzene rings is 1. The van der Waals surface area contributed by atoms with Gasteiger partial charge in [0.25, 0.3) is 0 Å². The van der Waals surface area contributed by atoms with Crippen LogP contribution in [0.15, 0.2) is 30.6 Å². The monoisotopic (exact) mass is 250 g/mol. The molecule has 0 saturated carbocycles. The molecule has 0 amide bonds. The quantitative estimate of drug-likeness (QED) is 0.833. The summed E-state index contributed by atoms with van der Waals surface area (Å²) in [5, 5.41) is 0.736. The summed E-state index contributed by atoms with van der Waals surface area (Å²) >= 11 is 5.89. The number of hydrogen-bond donors (Lipinski definition) is 0. The van der Waals surface area contributed by atoms with Gasteiger partial charge >= 0.3 is 0 Å². The molecular formula is C13H15ClN2O. The largest absolute Gasteiger partial charge is 0.491 e. The van der Waals surface area contributed by atoms with Crippen molar-refractivity contribution in [3.8, 4) is 5.75 Å². The van der Waals surface area contributed by atoms with E-state index in [1.807, 2.05) is 38.2 Å². The third kappa shape index (κ3) is 3.01. The lowest BCUT2D eigenvalue weighted by Gasteiger charge is -2.10.